The molecule has 0 radical (unpaired) electrons. The third-order valence-corrected chi connectivity index (χ3v) is 3.60. The second-order valence-corrected chi connectivity index (χ2v) is 4.48. The number of aromatic nitrogens is 1. The van der Waals surface area contributed by atoms with Crippen LogP contribution < -0.4 is 5.73 Å². The highest BCUT2D eigenvalue weighted by Crippen LogP contribution is 2.31. The Labute approximate surface area is 81.6 Å². The summed E-state index contributed by atoms with van der Waals surface area (Å²) in [5, 5.41) is 10.5. The van der Waals surface area contributed by atoms with Crippen LogP contribution >= 0.6 is 11.3 Å². The molecule has 13 heavy (non-hydrogen) atoms. The van der Waals surface area contributed by atoms with Gasteiger partial charge >= 0.3 is 0 Å². The molecule has 2 rings (SSSR count). The molecule has 0 aliphatic heterocycles. The molecule has 72 valence electrons. The minimum atomic E-state index is -0.444. The maximum absolute atomic E-state index is 9.65. The average Bonchev–Trinajstić information content (AvgIpc) is 2.61. The van der Waals surface area contributed by atoms with Crippen LogP contribution in [0.5, 0.6) is 0 Å². The number of hydrogen-bond acceptors (Lipinski definition) is 4. The summed E-state index contributed by atoms with van der Waals surface area (Å²) >= 11 is 1.65. The van der Waals surface area contributed by atoms with E-state index in [0.29, 0.717) is 13.0 Å². The van der Waals surface area contributed by atoms with Crippen LogP contribution in [-0.4, -0.2) is 16.6 Å². The average molecular weight is 198 g/mol. The van der Waals surface area contributed by atoms with Gasteiger partial charge in [-0.05, 0) is 32.2 Å². The molecule has 0 fully saturated rings. The molecule has 4 heteroatoms. The van der Waals surface area contributed by atoms with Gasteiger partial charge in [0.05, 0.1) is 5.69 Å². The van der Waals surface area contributed by atoms with Gasteiger partial charge < -0.3 is 10.8 Å². The molecule has 1 aromatic heterocycles. The second kappa shape index (κ2) is 3.74. The maximum atomic E-state index is 9.65. The summed E-state index contributed by atoms with van der Waals surface area (Å²) < 4.78 is 0. The Morgan fingerprint density at radius 2 is 2.38 bits per heavy atom. The van der Waals surface area contributed by atoms with Crippen molar-refractivity contribution in [3.05, 3.63) is 15.6 Å². The second-order valence-electron chi connectivity index (χ2n) is 3.37. The largest absolute Gasteiger partial charge is 0.386 e. The number of fused-ring (bicyclic) bond motifs is 1. The Bertz CT molecular complexity index is 276. The quantitative estimate of drug-likeness (QED) is 0.762. The van der Waals surface area contributed by atoms with Gasteiger partial charge in [-0.15, -0.1) is 11.3 Å². The lowest BCUT2D eigenvalue weighted by Crippen LogP contribution is -2.06. The molecule has 0 bridgehead atoms. The van der Waals surface area contributed by atoms with Crippen LogP contribution in [0.2, 0.25) is 0 Å². The predicted octanol–water partition coefficient (Wildman–Crippen LogP) is 1.01. The number of nitrogens with zero attached hydrogens (tertiary/aromatic N) is 1. The van der Waals surface area contributed by atoms with E-state index < -0.39 is 6.10 Å². The van der Waals surface area contributed by atoms with E-state index in [1.807, 2.05) is 0 Å². The fourth-order valence-corrected chi connectivity index (χ4v) is 2.81. The van der Waals surface area contributed by atoms with E-state index >= 15 is 0 Å². The molecular formula is C9H14N2OS. The zero-order valence-corrected chi connectivity index (χ0v) is 8.31. The molecular weight excluding hydrogens is 184 g/mol. The van der Waals surface area contributed by atoms with E-state index in [-0.39, 0.29) is 0 Å². The standard InChI is InChI=1S/C9H14N2OS/c10-5-4-7(12)9-11-6-2-1-3-8(6)13-9/h7,12H,1-5,10H2/t7-/m0/s1. The normalized spacial score (nSPS) is 17.4. The highest BCUT2D eigenvalue weighted by Gasteiger charge is 2.19. The highest BCUT2D eigenvalue weighted by atomic mass is 32.1. The topological polar surface area (TPSA) is 59.1 Å². The van der Waals surface area contributed by atoms with Gasteiger partial charge in [0.2, 0.25) is 0 Å². The number of rotatable bonds is 3. The molecule has 3 nitrogen and oxygen atoms in total. The van der Waals surface area contributed by atoms with Crippen LogP contribution in [0.3, 0.4) is 0 Å². The van der Waals surface area contributed by atoms with Crippen LogP contribution in [0.25, 0.3) is 0 Å². The maximum Gasteiger partial charge on any atom is 0.122 e. The lowest BCUT2D eigenvalue weighted by atomic mass is 10.2. The molecule has 0 saturated heterocycles. The van der Waals surface area contributed by atoms with Gasteiger partial charge in [0, 0.05) is 4.88 Å². The van der Waals surface area contributed by atoms with Crippen molar-refractivity contribution in [2.75, 3.05) is 6.54 Å². The Morgan fingerprint density at radius 3 is 3.08 bits per heavy atom. The van der Waals surface area contributed by atoms with Crippen LogP contribution in [0.4, 0.5) is 0 Å². The fraction of sp³-hybridized carbons (Fsp3) is 0.667. The van der Waals surface area contributed by atoms with Crippen molar-refractivity contribution < 1.29 is 5.11 Å². The molecule has 0 spiro atoms. The summed E-state index contributed by atoms with van der Waals surface area (Å²) in [6, 6.07) is 0. The molecule has 0 amide bonds. The molecule has 3 N–H and O–H groups in total. The summed E-state index contributed by atoms with van der Waals surface area (Å²) in [6.07, 6.45) is 3.62. The van der Waals surface area contributed by atoms with Crippen molar-refractivity contribution in [1.82, 2.24) is 4.98 Å². The molecule has 0 saturated carbocycles. The summed E-state index contributed by atoms with van der Waals surface area (Å²) in [6.45, 7) is 0.519. The van der Waals surface area contributed by atoms with Crippen molar-refractivity contribution in [2.24, 2.45) is 5.73 Å². The van der Waals surface area contributed by atoms with Crippen LogP contribution in [0.15, 0.2) is 0 Å². The van der Waals surface area contributed by atoms with Crippen molar-refractivity contribution in [3.8, 4) is 0 Å². The van der Waals surface area contributed by atoms with E-state index in [1.54, 1.807) is 11.3 Å². The van der Waals surface area contributed by atoms with Gasteiger partial charge in [0.1, 0.15) is 11.1 Å². The highest BCUT2D eigenvalue weighted by molar-refractivity contribution is 7.11. The van der Waals surface area contributed by atoms with E-state index in [2.05, 4.69) is 4.98 Å². The first-order valence-corrected chi connectivity index (χ1v) is 5.49. The zero-order chi connectivity index (χ0) is 9.26. The number of aliphatic hydroxyl groups is 1. The van der Waals surface area contributed by atoms with Crippen molar-refractivity contribution in [1.29, 1.82) is 0 Å². The van der Waals surface area contributed by atoms with E-state index in [9.17, 15) is 5.11 Å². The van der Waals surface area contributed by atoms with Gasteiger partial charge in [-0.2, -0.15) is 0 Å². The third-order valence-electron chi connectivity index (χ3n) is 2.34. The Hall–Kier alpha value is -0.450. The summed E-state index contributed by atoms with van der Waals surface area (Å²) in [5.41, 5.74) is 6.58. The van der Waals surface area contributed by atoms with Gasteiger partial charge in [-0.3, -0.25) is 0 Å². The smallest absolute Gasteiger partial charge is 0.122 e. The predicted molar refractivity (Wildman–Crippen MR) is 52.8 cm³/mol. The monoisotopic (exact) mass is 198 g/mol. The van der Waals surface area contributed by atoms with Crippen molar-refractivity contribution in [3.63, 3.8) is 0 Å². The zero-order valence-electron chi connectivity index (χ0n) is 7.49. The van der Waals surface area contributed by atoms with E-state index in [1.165, 1.54) is 17.0 Å². The Balaban J connectivity index is 2.13. The van der Waals surface area contributed by atoms with Crippen LogP contribution in [0.1, 0.15) is 34.5 Å². The van der Waals surface area contributed by atoms with E-state index in [0.717, 1.165) is 17.8 Å². The number of aryl methyl sites for hydroxylation is 2. The molecule has 0 aromatic carbocycles. The van der Waals surface area contributed by atoms with Gasteiger partial charge in [0.15, 0.2) is 0 Å². The SMILES string of the molecule is NCC[C@H](O)c1nc2c(s1)CCC2. The van der Waals surface area contributed by atoms with E-state index in [4.69, 9.17) is 5.73 Å². The summed E-state index contributed by atoms with van der Waals surface area (Å²) in [7, 11) is 0. The lowest BCUT2D eigenvalue weighted by Gasteiger charge is -2.03. The third kappa shape index (κ3) is 1.75. The van der Waals surface area contributed by atoms with Crippen LogP contribution in [0, 0.1) is 0 Å². The first-order chi connectivity index (χ1) is 6.31. The minimum Gasteiger partial charge on any atom is -0.386 e. The minimum absolute atomic E-state index is 0.444. The summed E-state index contributed by atoms with van der Waals surface area (Å²) in [4.78, 5) is 5.79. The Kier molecular flexibility index (Phi) is 2.62. The number of aliphatic hydroxyl groups excluding tert-OH is 1. The molecule has 1 heterocycles. The Morgan fingerprint density at radius 1 is 1.54 bits per heavy atom. The molecule has 1 aromatic rings. The van der Waals surface area contributed by atoms with Gasteiger partial charge in [0.25, 0.3) is 0 Å². The fourth-order valence-electron chi connectivity index (χ4n) is 1.63. The summed E-state index contributed by atoms with van der Waals surface area (Å²) in [5.74, 6) is 0. The van der Waals surface area contributed by atoms with Gasteiger partial charge in [-0.25, -0.2) is 4.98 Å². The molecule has 1 aliphatic rings. The van der Waals surface area contributed by atoms with Crippen LogP contribution in [-0.2, 0) is 12.8 Å². The molecule has 1 atom stereocenters. The molecule has 1 aliphatic carbocycles. The van der Waals surface area contributed by atoms with Crippen molar-refractivity contribution >= 4 is 11.3 Å². The number of nitrogens with two attached hydrogens (primary N) is 1. The van der Waals surface area contributed by atoms with Gasteiger partial charge in [-0.1, -0.05) is 0 Å². The lowest BCUT2D eigenvalue weighted by molar-refractivity contribution is 0.169. The number of thiazole rings is 1. The molecule has 0 unspecified atom stereocenters. The van der Waals surface area contributed by atoms with Crippen molar-refractivity contribution in [2.45, 2.75) is 31.8 Å². The first kappa shape index (κ1) is 9.12. The first-order valence-electron chi connectivity index (χ1n) is 4.68. The number of hydrogen-bond donors (Lipinski definition) is 2.